The van der Waals surface area contributed by atoms with E-state index in [-0.39, 0.29) is 11.9 Å². The third kappa shape index (κ3) is 2.10. The fourth-order valence-electron chi connectivity index (χ4n) is 1.22. The van der Waals surface area contributed by atoms with Crippen LogP contribution in [0, 0.1) is 12.8 Å². The van der Waals surface area contributed by atoms with Gasteiger partial charge in [0, 0.05) is 0 Å². The van der Waals surface area contributed by atoms with Gasteiger partial charge in [0.05, 0.1) is 7.11 Å². The average molecular weight is 198 g/mol. The molecule has 0 spiro atoms. The number of rotatable bonds is 3. The van der Waals surface area contributed by atoms with Crippen LogP contribution >= 0.6 is 0 Å². The molecule has 0 aliphatic carbocycles. The Morgan fingerprint density at radius 3 is 2.50 bits per heavy atom. The van der Waals surface area contributed by atoms with Crippen molar-refractivity contribution in [3.63, 3.8) is 0 Å². The van der Waals surface area contributed by atoms with Gasteiger partial charge in [0.1, 0.15) is 5.92 Å². The number of methoxy groups -OCH3 is 1. The topological polar surface area (TPSA) is 65.2 Å². The summed E-state index contributed by atoms with van der Waals surface area (Å²) in [5.41, 5.74) is 0. The van der Waals surface area contributed by atoms with Crippen LogP contribution in [0.25, 0.3) is 0 Å². The molecule has 0 N–H and O–H groups in total. The van der Waals surface area contributed by atoms with Crippen LogP contribution < -0.4 is 0 Å². The molecule has 0 radical (unpaired) electrons. The summed E-state index contributed by atoms with van der Waals surface area (Å²) in [5, 5.41) is 3.64. The first kappa shape index (κ1) is 10.7. The Labute approximate surface area is 82.4 Å². The fourth-order valence-corrected chi connectivity index (χ4v) is 1.22. The lowest BCUT2D eigenvalue weighted by Crippen LogP contribution is -2.19. The molecular formula is C9H14N2O3. The molecule has 5 heteroatoms. The van der Waals surface area contributed by atoms with E-state index in [0.717, 1.165) is 0 Å². The number of carbonyl (C=O) groups is 1. The Kier molecular flexibility index (Phi) is 3.22. The number of nitrogens with zero attached hydrogens (tertiary/aromatic N) is 2. The first-order valence-electron chi connectivity index (χ1n) is 4.44. The highest BCUT2D eigenvalue weighted by Gasteiger charge is 2.30. The molecule has 1 heterocycles. The van der Waals surface area contributed by atoms with Crippen molar-refractivity contribution in [2.75, 3.05) is 7.11 Å². The molecule has 0 saturated heterocycles. The SMILES string of the molecule is COC(=O)C(c1nc(C)no1)C(C)C. The number of hydrogen-bond donors (Lipinski definition) is 0. The van der Waals surface area contributed by atoms with Crippen molar-refractivity contribution in [2.45, 2.75) is 26.7 Å². The highest BCUT2D eigenvalue weighted by atomic mass is 16.5. The Morgan fingerprint density at radius 2 is 2.14 bits per heavy atom. The van der Waals surface area contributed by atoms with Crippen molar-refractivity contribution < 1.29 is 14.1 Å². The molecule has 1 aromatic rings. The van der Waals surface area contributed by atoms with E-state index in [9.17, 15) is 4.79 Å². The smallest absolute Gasteiger partial charge is 0.318 e. The fraction of sp³-hybridized carbons (Fsp3) is 0.667. The van der Waals surface area contributed by atoms with Gasteiger partial charge in [0.2, 0.25) is 5.89 Å². The molecule has 0 saturated carbocycles. The molecule has 5 nitrogen and oxygen atoms in total. The molecular weight excluding hydrogens is 184 g/mol. The normalized spacial score (nSPS) is 12.9. The summed E-state index contributed by atoms with van der Waals surface area (Å²) in [6.07, 6.45) is 0. The zero-order valence-electron chi connectivity index (χ0n) is 8.77. The number of aryl methyl sites for hydroxylation is 1. The van der Waals surface area contributed by atoms with E-state index in [1.807, 2.05) is 13.8 Å². The standard InChI is InChI=1S/C9H14N2O3/c1-5(2)7(9(12)13-4)8-10-6(3)11-14-8/h5,7H,1-4H3. The van der Waals surface area contributed by atoms with Gasteiger partial charge >= 0.3 is 5.97 Å². The molecule has 0 aliphatic rings. The van der Waals surface area contributed by atoms with E-state index in [4.69, 9.17) is 4.52 Å². The van der Waals surface area contributed by atoms with Crippen LogP contribution in [0.4, 0.5) is 0 Å². The highest BCUT2D eigenvalue weighted by Crippen LogP contribution is 2.23. The zero-order valence-corrected chi connectivity index (χ0v) is 8.77. The summed E-state index contributed by atoms with van der Waals surface area (Å²) in [6.45, 7) is 5.52. The van der Waals surface area contributed by atoms with Crippen molar-refractivity contribution in [2.24, 2.45) is 5.92 Å². The van der Waals surface area contributed by atoms with Crippen LogP contribution in [0.5, 0.6) is 0 Å². The van der Waals surface area contributed by atoms with Crippen molar-refractivity contribution in [1.82, 2.24) is 10.1 Å². The van der Waals surface area contributed by atoms with Gasteiger partial charge in [-0.05, 0) is 12.8 Å². The minimum Gasteiger partial charge on any atom is -0.468 e. The molecule has 78 valence electrons. The Hall–Kier alpha value is -1.39. The summed E-state index contributed by atoms with van der Waals surface area (Å²) in [4.78, 5) is 15.4. The molecule has 0 aliphatic heterocycles. The Balaban J connectivity index is 2.94. The average Bonchev–Trinajstić information content (AvgIpc) is 2.51. The van der Waals surface area contributed by atoms with Gasteiger partial charge in [-0.1, -0.05) is 19.0 Å². The molecule has 0 fully saturated rings. The number of aromatic nitrogens is 2. The van der Waals surface area contributed by atoms with Crippen LogP contribution in [-0.4, -0.2) is 23.2 Å². The lowest BCUT2D eigenvalue weighted by atomic mass is 9.96. The lowest BCUT2D eigenvalue weighted by molar-refractivity contribution is -0.144. The number of esters is 1. The third-order valence-electron chi connectivity index (χ3n) is 1.93. The first-order valence-corrected chi connectivity index (χ1v) is 4.44. The predicted octanol–water partition coefficient (Wildman–Crippen LogP) is 1.29. The molecule has 14 heavy (non-hydrogen) atoms. The van der Waals surface area contributed by atoms with Crippen molar-refractivity contribution in [1.29, 1.82) is 0 Å². The van der Waals surface area contributed by atoms with Gasteiger partial charge in [-0.15, -0.1) is 0 Å². The van der Waals surface area contributed by atoms with Crippen LogP contribution in [0.15, 0.2) is 4.52 Å². The van der Waals surface area contributed by atoms with Crippen molar-refractivity contribution in [3.8, 4) is 0 Å². The zero-order chi connectivity index (χ0) is 10.7. The molecule has 1 aromatic heterocycles. The second kappa shape index (κ2) is 4.21. The Bertz CT molecular complexity index is 320. The van der Waals surface area contributed by atoms with Crippen LogP contribution in [0.2, 0.25) is 0 Å². The second-order valence-corrected chi connectivity index (χ2v) is 3.42. The largest absolute Gasteiger partial charge is 0.468 e. The second-order valence-electron chi connectivity index (χ2n) is 3.42. The van der Waals surface area contributed by atoms with E-state index < -0.39 is 5.92 Å². The van der Waals surface area contributed by atoms with Gasteiger partial charge < -0.3 is 9.26 Å². The molecule has 0 bridgehead atoms. The molecule has 1 unspecified atom stereocenters. The lowest BCUT2D eigenvalue weighted by Gasteiger charge is -2.13. The third-order valence-corrected chi connectivity index (χ3v) is 1.93. The summed E-state index contributed by atoms with van der Waals surface area (Å²) in [5.74, 6) is 0.103. The van der Waals surface area contributed by atoms with E-state index in [1.54, 1.807) is 6.92 Å². The summed E-state index contributed by atoms with van der Waals surface area (Å²) in [7, 11) is 1.35. The van der Waals surface area contributed by atoms with Crippen molar-refractivity contribution >= 4 is 5.97 Å². The first-order chi connectivity index (χ1) is 6.56. The number of hydrogen-bond acceptors (Lipinski definition) is 5. The summed E-state index contributed by atoms with van der Waals surface area (Å²) >= 11 is 0. The van der Waals surface area contributed by atoms with Crippen LogP contribution in [-0.2, 0) is 9.53 Å². The molecule has 1 atom stereocenters. The Morgan fingerprint density at radius 1 is 1.50 bits per heavy atom. The van der Waals surface area contributed by atoms with Gasteiger partial charge in [-0.3, -0.25) is 4.79 Å². The van der Waals surface area contributed by atoms with Gasteiger partial charge in [0.25, 0.3) is 0 Å². The quantitative estimate of drug-likeness (QED) is 0.685. The summed E-state index contributed by atoms with van der Waals surface area (Å²) in [6, 6.07) is 0. The maximum absolute atomic E-state index is 11.4. The summed E-state index contributed by atoms with van der Waals surface area (Å²) < 4.78 is 9.62. The maximum atomic E-state index is 11.4. The van der Waals surface area contributed by atoms with Crippen molar-refractivity contribution in [3.05, 3.63) is 11.7 Å². The van der Waals surface area contributed by atoms with Gasteiger partial charge in [0.15, 0.2) is 5.82 Å². The molecule has 0 amide bonds. The molecule has 1 rings (SSSR count). The minimum absolute atomic E-state index is 0.0716. The van der Waals surface area contributed by atoms with Crippen LogP contribution in [0.3, 0.4) is 0 Å². The van der Waals surface area contributed by atoms with Gasteiger partial charge in [-0.2, -0.15) is 4.98 Å². The van der Waals surface area contributed by atoms with Gasteiger partial charge in [-0.25, -0.2) is 0 Å². The minimum atomic E-state index is -0.471. The maximum Gasteiger partial charge on any atom is 0.318 e. The highest BCUT2D eigenvalue weighted by molar-refractivity contribution is 5.76. The number of ether oxygens (including phenoxy) is 1. The predicted molar refractivity (Wildman–Crippen MR) is 48.6 cm³/mol. The van der Waals surface area contributed by atoms with E-state index >= 15 is 0 Å². The molecule has 0 aromatic carbocycles. The monoisotopic (exact) mass is 198 g/mol. The number of carbonyl (C=O) groups excluding carboxylic acids is 1. The van der Waals surface area contributed by atoms with Crippen LogP contribution in [0.1, 0.15) is 31.5 Å². The van der Waals surface area contributed by atoms with E-state index in [0.29, 0.717) is 11.7 Å². The van der Waals surface area contributed by atoms with E-state index in [2.05, 4.69) is 14.9 Å². The van der Waals surface area contributed by atoms with E-state index in [1.165, 1.54) is 7.11 Å².